The van der Waals surface area contributed by atoms with E-state index in [0.29, 0.717) is 12.8 Å². The largest absolute Gasteiger partial charge is 0.480 e. The second-order valence-corrected chi connectivity index (χ2v) is 4.11. The number of unbranched alkanes of at least 4 members (excludes halogenated alkanes) is 1. The predicted octanol–water partition coefficient (Wildman–Crippen LogP) is -0.472. The van der Waals surface area contributed by atoms with Crippen molar-refractivity contribution in [2.45, 2.75) is 44.2 Å². The fourth-order valence-corrected chi connectivity index (χ4v) is 1.73. The third-order valence-electron chi connectivity index (χ3n) is 2.71. The Balaban J connectivity index is 2.45. The van der Waals surface area contributed by atoms with Crippen LogP contribution in [-0.4, -0.2) is 35.0 Å². The fraction of sp³-hybridized carbons (Fsp3) is 0.636. The van der Waals surface area contributed by atoms with Crippen molar-refractivity contribution in [2.75, 3.05) is 0 Å². The smallest absolute Gasteiger partial charge is 0.326 e. The lowest BCUT2D eigenvalue weighted by molar-refractivity contribution is -0.142. The molecule has 1 rings (SSSR count). The van der Waals surface area contributed by atoms with Crippen molar-refractivity contribution < 1.29 is 19.5 Å². The molecule has 0 spiro atoms. The molecule has 1 aliphatic heterocycles. The van der Waals surface area contributed by atoms with Crippen molar-refractivity contribution in [1.82, 2.24) is 10.6 Å². The number of amides is 2. The minimum Gasteiger partial charge on any atom is -0.480 e. The van der Waals surface area contributed by atoms with E-state index in [1.54, 1.807) is 0 Å². The third kappa shape index (κ3) is 4.05. The van der Waals surface area contributed by atoms with Gasteiger partial charge in [0.2, 0.25) is 11.8 Å². The molecule has 1 heterocycles. The van der Waals surface area contributed by atoms with E-state index in [2.05, 4.69) is 10.6 Å². The summed E-state index contributed by atoms with van der Waals surface area (Å²) in [7, 11) is 0. The molecule has 2 amide bonds. The number of hydrogen-bond donors (Lipinski definition) is 3. The lowest BCUT2D eigenvalue weighted by Gasteiger charge is -2.16. The van der Waals surface area contributed by atoms with Crippen LogP contribution in [0.3, 0.4) is 0 Å². The number of carbonyl (C=O) groups is 3. The van der Waals surface area contributed by atoms with E-state index in [9.17, 15) is 14.4 Å². The molecule has 1 aliphatic rings. The van der Waals surface area contributed by atoms with Crippen LogP contribution in [0, 0.1) is 11.3 Å². The van der Waals surface area contributed by atoms with Gasteiger partial charge in [-0.3, -0.25) is 9.59 Å². The van der Waals surface area contributed by atoms with E-state index in [0.717, 1.165) is 0 Å². The topological polar surface area (TPSA) is 119 Å². The van der Waals surface area contributed by atoms with Gasteiger partial charge in [-0.15, -0.1) is 0 Å². The Hall–Kier alpha value is -2.10. The SMILES string of the molecule is N#CCCC[C@@H](NC(=O)[C@@H]1CCC(=O)N1)C(=O)O. The Morgan fingerprint density at radius 1 is 1.61 bits per heavy atom. The maximum Gasteiger partial charge on any atom is 0.326 e. The molecule has 7 nitrogen and oxygen atoms in total. The average molecular weight is 253 g/mol. The molecule has 0 radical (unpaired) electrons. The monoisotopic (exact) mass is 253 g/mol. The van der Waals surface area contributed by atoms with Gasteiger partial charge < -0.3 is 15.7 Å². The number of carboxylic acid groups (broad SMARTS) is 1. The Morgan fingerprint density at radius 3 is 2.83 bits per heavy atom. The van der Waals surface area contributed by atoms with Crippen molar-refractivity contribution >= 4 is 17.8 Å². The number of nitriles is 1. The number of hydrogen-bond acceptors (Lipinski definition) is 4. The lowest BCUT2D eigenvalue weighted by atomic mass is 10.1. The van der Waals surface area contributed by atoms with Crippen LogP contribution in [0.5, 0.6) is 0 Å². The highest BCUT2D eigenvalue weighted by Crippen LogP contribution is 2.08. The van der Waals surface area contributed by atoms with E-state index >= 15 is 0 Å². The van der Waals surface area contributed by atoms with Crippen LogP contribution in [0.25, 0.3) is 0 Å². The highest BCUT2D eigenvalue weighted by molar-refractivity contribution is 5.92. The van der Waals surface area contributed by atoms with Gasteiger partial charge in [0.05, 0.1) is 6.07 Å². The zero-order valence-electron chi connectivity index (χ0n) is 9.81. The number of nitrogens with one attached hydrogen (secondary N) is 2. The number of carboxylic acids is 1. The molecule has 7 heteroatoms. The van der Waals surface area contributed by atoms with Crippen LogP contribution in [0.15, 0.2) is 0 Å². The summed E-state index contributed by atoms with van der Waals surface area (Å²) in [5, 5.41) is 22.1. The fourth-order valence-electron chi connectivity index (χ4n) is 1.73. The van der Waals surface area contributed by atoms with E-state index in [1.165, 1.54) is 0 Å². The van der Waals surface area contributed by atoms with Crippen LogP contribution in [0.1, 0.15) is 32.1 Å². The van der Waals surface area contributed by atoms with Crippen LogP contribution < -0.4 is 10.6 Å². The van der Waals surface area contributed by atoms with Gasteiger partial charge in [0.1, 0.15) is 12.1 Å². The molecular formula is C11H15N3O4. The quantitative estimate of drug-likeness (QED) is 0.553. The molecule has 0 unspecified atom stereocenters. The second-order valence-electron chi connectivity index (χ2n) is 4.11. The summed E-state index contributed by atoms with van der Waals surface area (Å²) >= 11 is 0. The van der Waals surface area contributed by atoms with Gasteiger partial charge in [0.25, 0.3) is 0 Å². The van der Waals surface area contributed by atoms with Crippen molar-refractivity contribution in [2.24, 2.45) is 0 Å². The molecule has 0 aromatic rings. The summed E-state index contributed by atoms with van der Waals surface area (Å²) in [4.78, 5) is 33.6. The van der Waals surface area contributed by atoms with Gasteiger partial charge >= 0.3 is 5.97 Å². The minimum absolute atomic E-state index is 0.202. The van der Waals surface area contributed by atoms with Crippen LogP contribution in [0.4, 0.5) is 0 Å². The predicted molar refractivity (Wildman–Crippen MR) is 60.2 cm³/mol. The van der Waals surface area contributed by atoms with Crippen molar-refractivity contribution in [1.29, 1.82) is 5.26 Å². The maximum absolute atomic E-state index is 11.7. The van der Waals surface area contributed by atoms with Gasteiger partial charge in [-0.1, -0.05) is 0 Å². The van der Waals surface area contributed by atoms with Crippen LogP contribution in [-0.2, 0) is 14.4 Å². The van der Waals surface area contributed by atoms with E-state index in [-0.39, 0.29) is 25.2 Å². The second kappa shape index (κ2) is 6.59. The molecule has 1 saturated heterocycles. The first kappa shape index (κ1) is 14.0. The van der Waals surface area contributed by atoms with E-state index < -0.39 is 24.0 Å². The molecule has 3 N–H and O–H groups in total. The zero-order chi connectivity index (χ0) is 13.5. The Kier molecular flexibility index (Phi) is 5.11. The minimum atomic E-state index is -1.13. The summed E-state index contributed by atoms with van der Waals surface area (Å²) in [5.41, 5.74) is 0. The molecule has 0 aromatic carbocycles. The number of rotatable bonds is 6. The first-order valence-corrected chi connectivity index (χ1v) is 5.74. The molecule has 18 heavy (non-hydrogen) atoms. The Bertz CT molecular complexity index is 388. The summed E-state index contributed by atoms with van der Waals surface area (Å²) in [5.74, 6) is -1.82. The molecule has 0 aromatic heterocycles. The van der Waals surface area contributed by atoms with E-state index in [1.807, 2.05) is 6.07 Å². The summed E-state index contributed by atoms with van der Waals surface area (Å²) in [6, 6.07) is 0.260. The average Bonchev–Trinajstić information content (AvgIpc) is 2.74. The molecule has 0 saturated carbocycles. The maximum atomic E-state index is 11.7. The molecule has 1 fully saturated rings. The van der Waals surface area contributed by atoms with Gasteiger partial charge in [-0.05, 0) is 19.3 Å². The van der Waals surface area contributed by atoms with Crippen molar-refractivity contribution in [3.63, 3.8) is 0 Å². The number of nitrogens with zero attached hydrogens (tertiary/aromatic N) is 1. The normalized spacial score (nSPS) is 19.7. The molecule has 2 atom stereocenters. The summed E-state index contributed by atoms with van der Waals surface area (Å²) < 4.78 is 0. The van der Waals surface area contributed by atoms with Crippen molar-refractivity contribution in [3.05, 3.63) is 0 Å². The van der Waals surface area contributed by atoms with Gasteiger partial charge in [0.15, 0.2) is 0 Å². The Morgan fingerprint density at radius 2 is 2.33 bits per heavy atom. The molecule has 0 bridgehead atoms. The lowest BCUT2D eigenvalue weighted by Crippen LogP contribution is -2.48. The molecule has 98 valence electrons. The number of aliphatic carboxylic acids is 1. The summed E-state index contributed by atoms with van der Waals surface area (Å²) in [6.45, 7) is 0. The van der Waals surface area contributed by atoms with Gasteiger partial charge in [0, 0.05) is 12.8 Å². The van der Waals surface area contributed by atoms with Crippen LogP contribution >= 0.6 is 0 Å². The number of carbonyl (C=O) groups excluding carboxylic acids is 2. The third-order valence-corrected chi connectivity index (χ3v) is 2.71. The molecular weight excluding hydrogens is 238 g/mol. The van der Waals surface area contributed by atoms with E-state index in [4.69, 9.17) is 10.4 Å². The summed E-state index contributed by atoms with van der Waals surface area (Å²) in [6.07, 6.45) is 1.53. The zero-order valence-corrected chi connectivity index (χ0v) is 9.81. The standard InChI is InChI=1S/C11H15N3O4/c12-6-2-1-3-8(11(17)18)14-10(16)7-4-5-9(15)13-7/h7-8H,1-5H2,(H,13,15)(H,14,16)(H,17,18)/t7-,8+/m0/s1. The molecule has 0 aliphatic carbocycles. The van der Waals surface area contributed by atoms with Crippen LogP contribution in [0.2, 0.25) is 0 Å². The highest BCUT2D eigenvalue weighted by atomic mass is 16.4. The first-order valence-electron chi connectivity index (χ1n) is 5.74. The Labute approximate surface area is 104 Å². The highest BCUT2D eigenvalue weighted by Gasteiger charge is 2.30. The first-order chi connectivity index (χ1) is 8.54. The van der Waals surface area contributed by atoms with Gasteiger partial charge in [-0.25, -0.2) is 4.79 Å². The van der Waals surface area contributed by atoms with Gasteiger partial charge in [-0.2, -0.15) is 5.26 Å². The van der Waals surface area contributed by atoms with Crippen molar-refractivity contribution in [3.8, 4) is 6.07 Å².